The number of imidazole rings is 1. The Morgan fingerprint density at radius 3 is 2.59 bits per heavy atom. The van der Waals surface area contributed by atoms with E-state index < -0.39 is 0 Å². The van der Waals surface area contributed by atoms with Crippen LogP contribution in [-0.2, 0) is 21.7 Å². The smallest absolute Gasteiger partial charge is 0.246 e. The van der Waals surface area contributed by atoms with Gasteiger partial charge >= 0.3 is 0 Å². The number of ether oxygens (including phenoxy) is 1. The summed E-state index contributed by atoms with van der Waals surface area (Å²) in [5.41, 5.74) is 6.67. The van der Waals surface area contributed by atoms with Crippen molar-refractivity contribution in [1.29, 1.82) is 0 Å². The van der Waals surface area contributed by atoms with Crippen molar-refractivity contribution < 1.29 is 9.53 Å². The molecule has 0 atom stereocenters. The molecule has 2 aliphatic rings. The minimum atomic E-state index is -0.214. The van der Waals surface area contributed by atoms with E-state index in [4.69, 9.17) is 4.74 Å². The van der Waals surface area contributed by atoms with Crippen LogP contribution >= 0.6 is 0 Å². The van der Waals surface area contributed by atoms with Gasteiger partial charge in [-0.05, 0) is 74.1 Å². The van der Waals surface area contributed by atoms with Gasteiger partial charge in [-0.1, -0.05) is 30.3 Å². The predicted octanol–water partition coefficient (Wildman–Crippen LogP) is 4.86. The standard InChI is InChI=1S/C27H29N3O2/c1-19-16-22(8-10-25(19)30-17-20(2)28-21(30)3)9-11-26(31)29-14-12-27(13-15-29)24-7-5-4-6-23(24)18-32-27/h4-11,16-17H,12-15,18H2,1-3H3/b11-9+. The number of aromatic nitrogens is 2. The topological polar surface area (TPSA) is 47.4 Å². The summed E-state index contributed by atoms with van der Waals surface area (Å²) >= 11 is 0. The number of rotatable bonds is 3. The molecule has 0 unspecified atom stereocenters. The highest BCUT2D eigenvalue weighted by Gasteiger charge is 2.42. The van der Waals surface area contributed by atoms with Gasteiger partial charge in [0.1, 0.15) is 5.82 Å². The third-order valence-corrected chi connectivity index (χ3v) is 6.80. The van der Waals surface area contributed by atoms with Crippen LogP contribution in [0.3, 0.4) is 0 Å². The van der Waals surface area contributed by atoms with Gasteiger partial charge in [-0.2, -0.15) is 0 Å². The van der Waals surface area contributed by atoms with Crippen LogP contribution in [0.1, 0.15) is 46.6 Å². The largest absolute Gasteiger partial charge is 0.365 e. The number of nitrogens with zero attached hydrogens (tertiary/aromatic N) is 3. The van der Waals surface area contributed by atoms with Crippen LogP contribution in [0.25, 0.3) is 11.8 Å². The van der Waals surface area contributed by atoms with Crippen LogP contribution in [0.2, 0.25) is 0 Å². The average Bonchev–Trinajstić information content (AvgIpc) is 3.32. The van der Waals surface area contributed by atoms with Gasteiger partial charge in [0.15, 0.2) is 0 Å². The molecular formula is C27H29N3O2. The summed E-state index contributed by atoms with van der Waals surface area (Å²) in [7, 11) is 0. The Balaban J connectivity index is 1.25. The fourth-order valence-corrected chi connectivity index (χ4v) is 5.07. The molecule has 1 saturated heterocycles. The number of fused-ring (bicyclic) bond motifs is 2. The van der Waals surface area contributed by atoms with Gasteiger partial charge in [0.05, 0.1) is 17.9 Å². The lowest BCUT2D eigenvalue weighted by Crippen LogP contribution is -2.44. The average molecular weight is 428 g/mol. The molecular weight excluding hydrogens is 398 g/mol. The number of amides is 1. The SMILES string of the molecule is Cc1cn(-c2ccc(/C=C/C(=O)N3CCC4(CC3)OCc3ccccc34)cc2C)c(C)n1. The zero-order chi connectivity index (χ0) is 22.3. The molecule has 0 radical (unpaired) electrons. The summed E-state index contributed by atoms with van der Waals surface area (Å²) in [6.07, 6.45) is 7.35. The highest BCUT2D eigenvalue weighted by Crippen LogP contribution is 2.43. The normalized spacial score (nSPS) is 17.3. The van der Waals surface area contributed by atoms with E-state index in [1.807, 2.05) is 31.0 Å². The molecule has 3 heterocycles. The molecule has 2 aromatic carbocycles. The van der Waals surface area contributed by atoms with E-state index in [1.165, 1.54) is 11.1 Å². The Morgan fingerprint density at radius 2 is 1.88 bits per heavy atom. The van der Waals surface area contributed by atoms with Crippen molar-refractivity contribution in [3.8, 4) is 5.69 Å². The van der Waals surface area contributed by atoms with E-state index >= 15 is 0 Å². The minimum Gasteiger partial charge on any atom is -0.365 e. The fourth-order valence-electron chi connectivity index (χ4n) is 5.07. The van der Waals surface area contributed by atoms with Gasteiger partial charge in [0.25, 0.3) is 0 Å². The van der Waals surface area contributed by atoms with E-state index in [1.54, 1.807) is 6.08 Å². The zero-order valence-corrected chi connectivity index (χ0v) is 19.0. The quantitative estimate of drug-likeness (QED) is 0.561. The van der Waals surface area contributed by atoms with Crippen molar-refractivity contribution in [1.82, 2.24) is 14.5 Å². The molecule has 0 aliphatic carbocycles. The molecule has 0 saturated carbocycles. The zero-order valence-electron chi connectivity index (χ0n) is 19.0. The lowest BCUT2D eigenvalue weighted by Gasteiger charge is -2.39. The van der Waals surface area contributed by atoms with E-state index in [9.17, 15) is 4.79 Å². The van der Waals surface area contributed by atoms with Crippen molar-refractivity contribution in [2.24, 2.45) is 0 Å². The number of aryl methyl sites for hydroxylation is 3. The molecule has 3 aromatic rings. The second kappa shape index (κ2) is 8.06. The first kappa shape index (κ1) is 20.7. The monoisotopic (exact) mass is 427 g/mol. The molecule has 164 valence electrons. The summed E-state index contributed by atoms with van der Waals surface area (Å²) in [4.78, 5) is 19.3. The highest BCUT2D eigenvalue weighted by molar-refractivity contribution is 5.92. The lowest BCUT2D eigenvalue weighted by atomic mass is 9.84. The maximum Gasteiger partial charge on any atom is 0.246 e. The second-order valence-corrected chi connectivity index (χ2v) is 8.94. The van der Waals surface area contributed by atoms with Gasteiger partial charge in [0.2, 0.25) is 5.91 Å². The molecule has 5 rings (SSSR count). The Labute approximate surface area is 189 Å². The number of benzene rings is 2. The van der Waals surface area contributed by atoms with Crippen LogP contribution in [0.4, 0.5) is 0 Å². The molecule has 1 amide bonds. The lowest BCUT2D eigenvalue weighted by molar-refractivity contribution is -0.133. The third-order valence-electron chi connectivity index (χ3n) is 6.80. The van der Waals surface area contributed by atoms with Gasteiger partial charge in [0, 0.05) is 31.0 Å². The summed E-state index contributed by atoms with van der Waals surface area (Å²) in [5.74, 6) is 1.04. The van der Waals surface area contributed by atoms with E-state index in [0.717, 1.165) is 41.2 Å². The third kappa shape index (κ3) is 3.67. The Hall–Kier alpha value is -3.18. The molecule has 0 bridgehead atoms. The molecule has 2 aliphatic heterocycles. The first-order chi connectivity index (χ1) is 15.4. The van der Waals surface area contributed by atoms with Gasteiger partial charge in [-0.25, -0.2) is 4.98 Å². The number of carbonyl (C=O) groups is 1. The van der Waals surface area contributed by atoms with Gasteiger partial charge < -0.3 is 14.2 Å². The fraction of sp³-hybridized carbons (Fsp3) is 0.333. The molecule has 1 aromatic heterocycles. The van der Waals surface area contributed by atoms with Crippen LogP contribution in [0, 0.1) is 20.8 Å². The van der Waals surface area contributed by atoms with Gasteiger partial charge in [-0.15, -0.1) is 0 Å². The molecule has 1 spiro atoms. The van der Waals surface area contributed by atoms with Gasteiger partial charge in [-0.3, -0.25) is 4.79 Å². The summed E-state index contributed by atoms with van der Waals surface area (Å²) in [6.45, 7) is 8.21. The maximum absolute atomic E-state index is 12.8. The van der Waals surface area contributed by atoms with E-state index in [2.05, 4.69) is 58.9 Å². The highest BCUT2D eigenvalue weighted by atomic mass is 16.5. The maximum atomic E-state index is 12.8. The first-order valence-electron chi connectivity index (χ1n) is 11.3. The number of hydrogen-bond acceptors (Lipinski definition) is 3. The summed E-state index contributed by atoms with van der Waals surface area (Å²) in [5, 5.41) is 0. The van der Waals surface area contributed by atoms with Crippen molar-refractivity contribution in [3.05, 3.63) is 88.5 Å². The van der Waals surface area contributed by atoms with Crippen molar-refractivity contribution in [2.75, 3.05) is 13.1 Å². The van der Waals surface area contributed by atoms with Crippen LogP contribution in [0.5, 0.6) is 0 Å². The van der Waals surface area contributed by atoms with Crippen LogP contribution in [0.15, 0.2) is 54.7 Å². The summed E-state index contributed by atoms with van der Waals surface area (Å²) < 4.78 is 8.32. The minimum absolute atomic E-state index is 0.0638. The predicted molar refractivity (Wildman–Crippen MR) is 126 cm³/mol. The van der Waals surface area contributed by atoms with Crippen LogP contribution in [-0.4, -0.2) is 33.4 Å². The van der Waals surface area contributed by atoms with Crippen molar-refractivity contribution in [3.63, 3.8) is 0 Å². The summed E-state index contributed by atoms with van der Waals surface area (Å²) in [6, 6.07) is 14.7. The first-order valence-corrected chi connectivity index (χ1v) is 11.3. The molecule has 32 heavy (non-hydrogen) atoms. The molecule has 1 fully saturated rings. The van der Waals surface area contributed by atoms with E-state index in [0.29, 0.717) is 19.7 Å². The van der Waals surface area contributed by atoms with Crippen molar-refractivity contribution >= 4 is 12.0 Å². The Bertz CT molecular complexity index is 1200. The second-order valence-electron chi connectivity index (χ2n) is 8.94. The molecule has 0 N–H and O–H groups in total. The Morgan fingerprint density at radius 1 is 1.09 bits per heavy atom. The number of hydrogen-bond donors (Lipinski definition) is 0. The van der Waals surface area contributed by atoms with Crippen LogP contribution < -0.4 is 0 Å². The number of carbonyl (C=O) groups excluding carboxylic acids is 1. The van der Waals surface area contributed by atoms with Crippen molar-refractivity contribution in [2.45, 2.75) is 45.8 Å². The number of piperidine rings is 1. The van der Waals surface area contributed by atoms with E-state index in [-0.39, 0.29) is 11.5 Å². The molecule has 5 heteroatoms. The number of likely N-dealkylation sites (tertiary alicyclic amines) is 1. The molecule has 5 nitrogen and oxygen atoms in total. The Kier molecular flexibility index (Phi) is 5.22.